The van der Waals surface area contributed by atoms with Crippen molar-refractivity contribution in [1.82, 2.24) is 5.32 Å². The normalized spacial score (nSPS) is 48.7. The monoisotopic (exact) mass is 469 g/mol. The lowest BCUT2D eigenvalue weighted by molar-refractivity contribution is -0.212. The second-order valence-electron chi connectivity index (χ2n) is 11.3. The summed E-state index contributed by atoms with van der Waals surface area (Å²) in [4.78, 5) is 13.9. The number of nitrogens with one attached hydrogen (secondary N) is 1. The van der Waals surface area contributed by atoms with Crippen molar-refractivity contribution < 1.29 is 25.2 Å². The van der Waals surface area contributed by atoms with E-state index < -0.39 is 46.6 Å². The van der Waals surface area contributed by atoms with E-state index in [1.165, 1.54) is 6.08 Å². The van der Waals surface area contributed by atoms with Gasteiger partial charge < -0.3 is 25.7 Å². The Morgan fingerprint density at radius 1 is 1.06 bits per heavy atom. The Labute approximate surface area is 202 Å². The van der Waals surface area contributed by atoms with Crippen LogP contribution < -0.4 is 5.32 Å². The zero-order valence-electron chi connectivity index (χ0n) is 20.6. The van der Waals surface area contributed by atoms with Gasteiger partial charge in [-0.15, -0.1) is 0 Å². The first-order valence-corrected chi connectivity index (χ1v) is 12.4. The van der Waals surface area contributed by atoms with Gasteiger partial charge in [0.05, 0.1) is 28.8 Å². The number of carbonyl (C=O) groups excluding carboxylic acids is 1. The second kappa shape index (κ2) is 8.90. The van der Waals surface area contributed by atoms with Crippen molar-refractivity contribution in [3.05, 3.63) is 60.2 Å². The molecule has 0 aromatic heterocycles. The molecule has 0 radical (unpaired) electrons. The lowest BCUT2D eigenvalue weighted by Gasteiger charge is -2.56. The first-order chi connectivity index (χ1) is 15.9. The molecule has 1 saturated heterocycles. The van der Waals surface area contributed by atoms with E-state index in [-0.39, 0.29) is 17.9 Å². The fourth-order valence-corrected chi connectivity index (χ4v) is 6.87. The molecule has 34 heavy (non-hydrogen) atoms. The van der Waals surface area contributed by atoms with E-state index in [0.717, 1.165) is 5.56 Å². The summed E-state index contributed by atoms with van der Waals surface area (Å²) in [6.07, 6.45) is 6.07. The largest absolute Gasteiger partial charge is 0.389 e. The van der Waals surface area contributed by atoms with Crippen molar-refractivity contribution in [3.8, 4) is 0 Å². The van der Waals surface area contributed by atoms with Gasteiger partial charge >= 0.3 is 0 Å². The van der Waals surface area contributed by atoms with E-state index in [1.54, 1.807) is 19.9 Å². The lowest BCUT2D eigenvalue weighted by atomic mass is 9.49. The summed E-state index contributed by atoms with van der Waals surface area (Å²) in [7, 11) is 0. The molecule has 1 amide bonds. The number of rotatable bonds is 2. The van der Waals surface area contributed by atoms with E-state index in [4.69, 9.17) is 0 Å². The summed E-state index contributed by atoms with van der Waals surface area (Å²) in [6, 6.07) is 9.52. The van der Waals surface area contributed by atoms with Gasteiger partial charge in [0.25, 0.3) is 0 Å². The van der Waals surface area contributed by atoms with E-state index in [9.17, 15) is 25.2 Å². The average Bonchev–Trinajstić information content (AvgIpc) is 3.04. The zero-order valence-corrected chi connectivity index (χ0v) is 20.6. The van der Waals surface area contributed by atoms with Gasteiger partial charge in [-0.2, -0.15) is 0 Å². The minimum Gasteiger partial charge on any atom is -0.389 e. The van der Waals surface area contributed by atoms with Crippen LogP contribution in [0.1, 0.15) is 46.1 Å². The molecule has 1 saturated carbocycles. The maximum absolute atomic E-state index is 13.9. The number of carbonyl (C=O) groups is 1. The molecule has 1 aliphatic heterocycles. The van der Waals surface area contributed by atoms with E-state index in [0.29, 0.717) is 19.3 Å². The Morgan fingerprint density at radius 2 is 1.74 bits per heavy atom. The predicted octanol–water partition coefficient (Wildman–Crippen LogP) is 2.36. The Morgan fingerprint density at radius 3 is 2.41 bits per heavy atom. The SMILES string of the molecule is C[C@H]1C/C=C/[C@H]2[C@H](O)[C@](C)(O)[C@@H](C)[C@H]3[C@H](Cc4ccccc4)NC(=O)C32[C@H](O)/C=C/[C@](C)(O)C1. The molecule has 6 heteroatoms. The zero-order chi connectivity index (χ0) is 24.9. The minimum atomic E-state index is -1.45. The molecule has 4 rings (SSSR count). The van der Waals surface area contributed by atoms with E-state index >= 15 is 0 Å². The van der Waals surface area contributed by atoms with Gasteiger partial charge in [-0.05, 0) is 50.5 Å². The molecule has 6 nitrogen and oxygen atoms in total. The summed E-state index contributed by atoms with van der Waals surface area (Å²) in [5.41, 5.74) is -2.92. The van der Waals surface area contributed by atoms with Gasteiger partial charge in [0.2, 0.25) is 5.91 Å². The maximum Gasteiger partial charge on any atom is 0.230 e. The summed E-state index contributed by atoms with van der Waals surface area (Å²) >= 11 is 0. The molecule has 3 aliphatic rings. The Kier molecular flexibility index (Phi) is 6.58. The van der Waals surface area contributed by atoms with Crippen LogP contribution in [0.4, 0.5) is 0 Å². The van der Waals surface area contributed by atoms with Gasteiger partial charge in [0, 0.05) is 17.9 Å². The first kappa shape index (κ1) is 25.1. The van der Waals surface area contributed by atoms with Gasteiger partial charge in [0.15, 0.2) is 0 Å². The number of aliphatic hydroxyl groups excluding tert-OH is 2. The quantitative estimate of drug-likeness (QED) is 0.427. The Bertz CT molecular complexity index is 955. The molecule has 1 heterocycles. The topological polar surface area (TPSA) is 110 Å². The molecule has 1 aromatic rings. The first-order valence-electron chi connectivity index (χ1n) is 12.4. The van der Waals surface area contributed by atoms with Crippen molar-refractivity contribution in [2.75, 3.05) is 0 Å². The minimum absolute atomic E-state index is 0.154. The number of benzene rings is 1. The fourth-order valence-electron chi connectivity index (χ4n) is 6.87. The highest BCUT2D eigenvalue weighted by Crippen LogP contribution is 2.59. The molecule has 1 aromatic carbocycles. The van der Waals surface area contributed by atoms with Crippen molar-refractivity contribution in [1.29, 1.82) is 0 Å². The molecule has 2 fully saturated rings. The summed E-state index contributed by atoms with van der Waals surface area (Å²) < 4.78 is 0. The van der Waals surface area contributed by atoms with Gasteiger partial charge in [-0.1, -0.05) is 68.5 Å². The third-order valence-electron chi connectivity index (χ3n) is 8.71. The molecular weight excluding hydrogens is 430 g/mol. The molecule has 10 atom stereocenters. The van der Waals surface area contributed by atoms with Crippen LogP contribution in [0.25, 0.3) is 0 Å². The highest BCUT2D eigenvalue weighted by Gasteiger charge is 2.71. The van der Waals surface area contributed by atoms with Crippen molar-refractivity contribution >= 4 is 5.91 Å². The average molecular weight is 470 g/mol. The summed E-state index contributed by atoms with van der Waals surface area (Å²) in [5.74, 6) is -1.89. The third kappa shape index (κ3) is 4.05. The number of hydrogen-bond acceptors (Lipinski definition) is 5. The highest BCUT2D eigenvalue weighted by atomic mass is 16.3. The van der Waals surface area contributed by atoms with Crippen molar-refractivity contribution in [2.45, 2.75) is 76.4 Å². The lowest BCUT2D eigenvalue weighted by Crippen LogP contribution is -2.67. The van der Waals surface area contributed by atoms with Gasteiger partial charge in [0.1, 0.15) is 0 Å². The van der Waals surface area contributed by atoms with Crippen LogP contribution in [-0.4, -0.2) is 55.8 Å². The molecule has 0 bridgehead atoms. The van der Waals surface area contributed by atoms with E-state index in [2.05, 4.69) is 5.32 Å². The van der Waals surface area contributed by atoms with Crippen LogP contribution >= 0.6 is 0 Å². The number of amides is 1. The van der Waals surface area contributed by atoms with Crippen LogP contribution in [0.3, 0.4) is 0 Å². The Hall–Kier alpha value is -1.99. The smallest absolute Gasteiger partial charge is 0.230 e. The fraction of sp³-hybridized carbons (Fsp3) is 0.607. The number of hydrogen-bond donors (Lipinski definition) is 5. The Balaban J connectivity index is 1.88. The molecule has 186 valence electrons. The second-order valence-corrected chi connectivity index (χ2v) is 11.3. The molecule has 5 N–H and O–H groups in total. The van der Waals surface area contributed by atoms with Crippen LogP contribution in [0.15, 0.2) is 54.6 Å². The van der Waals surface area contributed by atoms with Crippen molar-refractivity contribution in [2.24, 2.45) is 29.1 Å². The summed E-state index contributed by atoms with van der Waals surface area (Å²) in [5, 5.41) is 48.6. The molecule has 1 spiro atoms. The van der Waals surface area contributed by atoms with Crippen LogP contribution in [0, 0.1) is 29.1 Å². The van der Waals surface area contributed by atoms with Crippen LogP contribution in [0.5, 0.6) is 0 Å². The van der Waals surface area contributed by atoms with Crippen LogP contribution in [-0.2, 0) is 11.2 Å². The molecule has 2 aliphatic carbocycles. The van der Waals surface area contributed by atoms with Gasteiger partial charge in [-0.3, -0.25) is 4.79 Å². The third-order valence-corrected chi connectivity index (χ3v) is 8.71. The van der Waals surface area contributed by atoms with Crippen LogP contribution in [0.2, 0.25) is 0 Å². The van der Waals surface area contributed by atoms with Gasteiger partial charge in [-0.25, -0.2) is 0 Å². The summed E-state index contributed by atoms with van der Waals surface area (Å²) in [6.45, 7) is 7.22. The maximum atomic E-state index is 13.9. The molecule has 1 unspecified atom stereocenters. The predicted molar refractivity (Wildman–Crippen MR) is 131 cm³/mol. The van der Waals surface area contributed by atoms with E-state index in [1.807, 2.05) is 56.3 Å². The van der Waals surface area contributed by atoms with Crippen molar-refractivity contribution in [3.63, 3.8) is 0 Å². The number of allylic oxidation sites excluding steroid dienone is 1. The standard InChI is InChI=1S/C28H39NO5/c1-17-9-8-12-20-24(31)27(4,34)18(2)23-21(15-19-10-6-5-7-11-19)29-25(32)28(20,23)22(30)13-14-26(3,33)16-17/h5-8,10-14,17-18,20-24,30-31,33-34H,9,15-16H2,1-4H3,(H,29,32)/b12-8+,14-13+/t17-,18-,20-,21-,22+,23-,24-,26-,27+,28?/m0/s1. The molecular formula is C28H39NO5. The number of aliphatic hydroxyl groups is 4. The highest BCUT2D eigenvalue weighted by molar-refractivity contribution is 5.88.